The van der Waals surface area contributed by atoms with Gasteiger partial charge in [0.15, 0.2) is 6.10 Å². The van der Waals surface area contributed by atoms with Crippen LogP contribution in [0.25, 0.3) is 0 Å². The van der Waals surface area contributed by atoms with Crippen LogP contribution in [0.4, 0.5) is 15.8 Å². The monoisotopic (exact) mass is 445 g/mol. The first-order valence-corrected chi connectivity index (χ1v) is 10.9. The molecule has 31 heavy (non-hydrogen) atoms. The van der Waals surface area contributed by atoms with Crippen molar-refractivity contribution in [2.75, 3.05) is 23.7 Å². The number of nitrogens with one attached hydrogen (secondary N) is 2. The Bertz CT molecular complexity index is 1000. The maximum Gasteiger partial charge on any atom is 0.265 e. The molecule has 0 radical (unpaired) electrons. The molecule has 0 unspecified atom stereocenters. The summed E-state index contributed by atoms with van der Waals surface area (Å²) in [6, 6.07) is 9.65. The molecule has 2 N–H and O–H groups in total. The van der Waals surface area contributed by atoms with Crippen LogP contribution in [0, 0.1) is 5.82 Å². The maximum absolute atomic E-state index is 14.3. The van der Waals surface area contributed by atoms with Gasteiger partial charge in [0.1, 0.15) is 11.6 Å². The number of hydrogen-bond acceptors (Lipinski definition) is 4. The van der Waals surface area contributed by atoms with E-state index in [2.05, 4.69) is 22.5 Å². The molecule has 0 spiro atoms. The minimum atomic E-state index is -0.772. The third kappa shape index (κ3) is 5.17. The molecule has 2 amide bonds. The van der Waals surface area contributed by atoms with Crippen LogP contribution in [0.3, 0.4) is 0 Å². The zero-order valence-corrected chi connectivity index (χ0v) is 18.0. The number of benzene rings is 2. The number of nitrogens with zero attached hydrogens (tertiary/aromatic N) is 1. The zero-order chi connectivity index (χ0) is 22.0. The third-order valence-corrected chi connectivity index (χ3v) is 6.02. The average molecular weight is 446 g/mol. The molecule has 2 aromatic rings. The Morgan fingerprint density at radius 1 is 1.19 bits per heavy atom. The Hall–Kier alpha value is -2.64. The Labute approximate surface area is 185 Å². The second-order valence-electron chi connectivity index (χ2n) is 8.11. The molecular weight excluding hydrogens is 421 g/mol. The second-order valence-corrected chi connectivity index (χ2v) is 8.55. The lowest BCUT2D eigenvalue weighted by Gasteiger charge is -2.32. The van der Waals surface area contributed by atoms with Crippen LogP contribution in [0.1, 0.15) is 31.7 Å². The smallest absolute Gasteiger partial charge is 0.265 e. The molecule has 8 heteroatoms. The summed E-state index contributed by atoms with van der Waals surface area (Å²) in [5.74, 6) is -0.617. The second kappa shape index (κ2) is 9.24. The number of rotatable bonds is 5. The molecule has 6 nitrogen and oxygen atoms in total. The van der Waals surface area contributed by atoms with E-state index in [1.165, 1.54) is 24.6 Å². The summed E-state index contributed by atoms with van der Waals surface area (Å²) in [6.07, 6.45) is 2.94. The standard InChI is InChI=1S/C23H25ClFN3O3/c1-14-4-2-3-9-28(14)13-22(29)26-17-6-7-18(25)19(12-17)27-23(30)21-11-15-10-16(24)5-8-20(15)31-21/h5-8,10,12,14,21H,2-4,9,11,13H2,1H3,(H,26,29)(H,27,30)/t14-,21-/m0/s1. The van der Waals surface area contributed by atoms with Crippen molar-refractivity contribution in [1.29, 1.82) is 0 Å². The summed E-state index contributed by atoms with van der Waals surface area (Å²) >= 11 is 5.99. The number of hydrogen-bond donors (Lipinski definition) is 2. The van der Waals surface area contributed by atoms with Gasteiger partial charge in [0.2, 0.25) is 5.91 Å². The highest BCUT2D eigenvalue weighted by molar-refractivity contribution is 6.30. The quantitative estimate of drug-likeness (QED) is 0.722. The predicted octanol–water partition coefficient (Wildman–Crippen LogP) is 4.23. The van der Waals surface area contributed by atoms with Gasteiger partial charge in [-0.15, -0.1) is 0 Å². The summed E-state index contributed by atoms with van der Waals surface area (Å²) < 4.78 is 20.0. The van der Waals surface area contributed by atoms with Crippen LogP contribution in [-0.4, -0.2) is 41.9 Å². The maximum atomic E-state index is 14.3. The van der Waals surface area contributed by atoms with Gasteiger partial charge in [0.05, 0.1) is 12.2 Å². The zero-order valence-electron chi connectivity index (χ0n) is 17.3. The van der Waals surface area contributed by atoms with E-state index >= 15 is 0 Å². The summed E-state index contributed by atoms with van der Waals surface area (Å²) in [7, 11) is 0. The topological polar surface area (TPSA) is 70.7 Å². The van der Waals surface area contributed by atoms with Crippen molar-refractivity contribution in [3.63, 3.8) is 0 Å². The fourth-order valence-corrected chi connectivity index (χ4v) is 4.25. The van der Waals surface area contributed by atoms with E-state index in [9.17, 15) is 14.0 Å². The van der Waals surface area contributed by atoms with Gasteiger partial charge in [-0.3, -0.25) is 14.5 Å². The molecule has 1 fully saturated rings. The van der Waals surface area contributed by atoms with E-state index < -0.39 is 17.8 Å². The summed E-state index contributed by atoms with van der Waals surface area (Å²) in [5.41, 5.74) is 1.25. The number of anilines is 2. The molecule has 2 heterocycles. The molecule has 0 saturated carbocycles. The van der Waals surface area contributed by atoms with Crippen LogP contribution in [0.5, 0.6) is 5.75 Å². The van der Waals surface area contributed by atoms with E-state index in [-0.39, 0.29) is 18.1 Å². The van der Waals surface area contributed by atoms with E-state index in [0.29, 0.717) is 28.9 Å². The number of carbonyl (C=O) groups excluding carboxylic acids is 2. The minimum absolute atomic E-state index is 0.00766. The molecule has 2 aliphatic heterocycles. The number of carbonyl (C=O) groups is 2. The number of likely N-dealkylation sites (tertiary alicyclic amines) is 1. The molecule has 2 aromatic carbocycles. The molecule has 0 bridgehead atoms. The average Bonchev–Trinajstić information content (AvgIpc) is 3.15. The number of amides is 2. The van der Waals surface area contributed by atoms with Crippen LogP contribution < -0.4 is 15.4 Å². The molecule has 0 aromatic heterocycles. The molecular formula is C23H25ClFN3O3. The van der Waals surface area contributed by atoms with Crippen LogP contribution >= 0.6 is 11.6 Å². The fraction of sp³-hybridized carbons (Fsp3) is 0.391. The lowest BCUT2D eigenvalue weighted by atomic mass is 10.0. The number of fused-ring (bicyclic) bond motifs is 1. The summed E-state index contributed by atoms with van der Waals surface area (Å²) in [6.45, 7) is 3.31. The normalized spacial score (nSPS) is 20.6. The molecule has 164 valence electrons. The van der Waals surface area contributed by atoms with Crippen molar-refractivity contribution in [2.45, 2.75) is 44.8 Å². The number of ether oxygens (including phenoxy) is 1. The Morgan fingerprint density at radius 2 is 2.03 bits per heavy atom. The highest BCUT2D eigenvalue weighted by atomic mass is 35.5. The van der Waals surface area contributed by atoms with Crippen molar-refractivity contribution in [1.82, 2.24) is 4.90 Å². The third-order valence-electron chi connectivity index (χ3n) is 5.78. The van der Waals surface area contributed by atoms with E-state index in [1.54, 1.807) is 18.2 Å². The van der Waals surface area contributed by atoms with Crippen LogP contribution in [0.15, 0.2) is 36.4 Å². The molecule has 2 aliphatic rings. The molecule has 4 rings (SSSR count). The van der Waals surface area contributed by atoms with Crippen molar-refractivity contribution in [3.8, 4) is 5.75 Å². The lowest BCUT2D eigenvalue weighted by molar-refractivity contribution is -0.122. The molecule has 2 atom stereocenters. The van der Waals surface area contributed by atoms with E-state index in [0.717, 1.165) is 24.9 Å². The van der Waals surface area contributed by atoms with Gasteiger partial charge in [0, 0.05) is 23.2 Å². The van der Waals surface area contributed by atoms with Crippen molar-refractivity contribution in [3.05, 3.63) is 52.8 Å². The van der Waals surface area contributed by atoms with Gasteiger partial charge >= 0.3 is 0 Å². The first-order chi connectivity index (χ1) is 14.9. The Kier molecular flexibility index (Phi) is 6.43. The van der Waals surface area contributed by atoms with Crippen LogP contribution in [-0.2, 0) is 16.0 Å². The summed E-state index contributed by atoms with van der Waals surface area (Å²) in [4.78, 5) is 27.2. The van der Waals surface area contributed by atoms with Gasteiger partial charge in [0.25, 0.3) is 5.91 Å². The van der Waals surface area contributed by atoms with E-state index in [4.69, 9.17) is 16.3 Å². The van der Waals surface area contributed by atoms with Gasteiger partial charge in [-0.05, 0) is 68.3 Å². The Morgan fingerprint density at radius 3 is 2.84 bits per heavy atom. The largest absolute Gasteiger partial charge is 0.480 e. The van der Waals surface area contributed by atoms with Crippen LogP contribution in [0.2, 0.25) is 5.02 Å². The minimum Gasteiger partial charge on any atom is -0.480 e. The number of piperidine rings is 1. The van der Waals surface area contributed by atoms with Gasteiger partial charge in [-0.1, -0.05) is 18.0 Å². The highest BCUT2D eigenvalue weighted by Gasteiger charge is 2.30. The first-order valence-electron chi connectivity index (χ1n) is 10.5. The predicted molar refractivity (Wildman–Crippen MR) is 118 cm³/mol. The van der Waals surface area contributed by atoms with Gasteiger partial charge in [-0.2, -0.15) is 0 Å². The highest BCUT2D eigenvalue weighted by Crippen LogP contribution is 2.32. The van der Waals surface area contributed by atoms with Gasteiger partial charge < -0.3 is 15.4 Å². The van der Waals surface area contributed by atoms with Crippen molar-refractivity contribution < 1.29 is 18.7 Å². The first kappa shape index (κ1) is 21.6. The fourth-order valence-electron chi connectivity index (χ4n) is 4.05. The number of halogens is 2. The molecule has 0 aliphatic carbocycles. The lowest BCUT2D eigenvalue weighted by Crippen LogP contribution is -2.42. The Balaban J connectivity index is 1.37. The van der Waals surface area contributed by atoms with Gasteiger partial charge in [-0.25, -0.2) is 4.39 Å². The summed E-state index contributed by atoms with van der Waals surface area (Å²) in [5, 5.41) is 5.93. The SMILES string of the molecule is C[C@H]1CCCCN1CC(=O)Nc1ccc(F)c(NC(=O)[C@@H]2Cc3cc(Cl)ccc3O2)c1. The van der Waals surface area contributed by atoms with E-state index in [1.807, 2.05) is 0 Å². The van der Waals surface area contributed by atoms with Crippen molar-refractivity contribution in [2.24, 2.45) is 0 Å². The molecule has 1 saturated heterocycles. The van der Waals surface area contributed by atoms with Crippen molar-refractivity contribution >= 4 is 34.8 Å².